The molecule has 0 fully saturated rings. The fourth-order valence-electron chi connectivity index (χ4n) is 3.07. The molecule has 0 saturated carbocycles. The first-order valence-electron chi connectivity index (χ1n) is 10.8. The molecular weight excluding hydrogens is 414 g/mol. The minimum atomic E-state index is -1.19. The molecule has 8 N–H and O–H groups in total. The molecular formula is C22H35N5O5. The Hall–Kier alpha value is -2.98. The molecule has 0 heterocycles. The molecule has 1 rings (SSSR count). The van der Waals surface area contributed by atoms with Crippen molar-refractivity contribution >= 4 is 23.7 Å². The number of aliphatic carboxylic acids is 1. The highest BCUT2D eigenvalue weighted by molar-refractivity contribution is 5.93. The predicted octanol–water partition coefficient (Wildman–Crippen LogP) is -0.488. The van der Waals surface area contributed by atoms with Crippen LogP contribution in [0.1, 0.15) is 38.7 Å². The molecule has 0 spiro atoms. The van der Waals surface area contributed by atoms with Crippen LogP contribution in [0.3, 0.4) is 0 Å². The third kappa shape index (κ3) is 9.88. The van der Waals surface area contributed by atoms with Crippen molar-refractivity contribution in [3.05, 3.63) is 35.9 Å². The SMILES string of the molecule is CC(C)C(NC(=O)C(N)Cc1ccccc1)C(=O)NC(CCCCN)C(=O)NCC(=O)O. The quantitative estimate of drug-likeness (QED) is 0.208. The zero-order chi connectivity index (χ0) is 24.1. The second-order valence-electron chi connectivity index (χ2n) is 7.98. The van der Waals surface area contributed by atoms with E-state index >= 15 is 0 Å². The van der Waals surface area contributed by atoms with Crippen molar-refractivity contribution in [2.24, 2.45) is 17.4 Å². The minimum Gasteiger partial charge on any atom is -0.480 e. The molecule has 1 aromatic carbocycles. The average molecular weight is 450 g/mol. The zero-order valence-electron chi connectivity index (χ0n) is 18.7. The summed E-state index contributed by atoms with van der Waals surface area (Å²) in [6, 6.07) is 6.60. The summed E-state index contributed by atoms with van der Waals surface area (Å²) in [6.45, 7) is 3.41. The molecule has 0 aliphatic carbocycles. The fraction of sp³-hybridized carbons (Fsp3) is 0.545. The molecule has 0 aliphatic rings. The van der Waals surface area contributed by atoms with E-state index in [4.69, 9.17) is 16.6 Å². The molecule has 0 bridgehead atoms. The van der Waals surface area contributed by atoms with Gasteiger partial charge in [0.1, 0.15) is 18.6 Å². The normalized spacial score (nSPS) is 13.7. The van der Waals surface area contributed by atoms with Gasteiger partial charge in [-0.15, -0.1) is 0 Å². The van der Waals surface area contributed by atoms with Gasteiger partial charge in [-0.3, -0.25) is 19.2 Å². The van der Waals surface area contributed by atoms with Crippen molar-refractivity contribution in [3.8, 4) is 0 Å². The Labute approximate surface area is 188 Å². The van der Waals surface area contributed by atoms with E-state index in [1.807, 2.05) is 30.3 Å². The summed E-state index contributed by atoms with van der Waals surface area (Å²) in [7, 11) is 0. The Kier molecular flexibility index (Phi) is 12.0. The lowest BCUT2D eigenvalue weighted by molar-refractivity contribution is -0.138. The van der Waals surface area contributed by atoms with Crippen LogP contribution in [-0.4, -0.2) is 60.0 Å². The summed E-state index contributed by atoms with van der Waals surface area (Å²) in [5, 5.41) is 16.4. The number of unbranched alkanes of at least 4 members (excludes halogenated alkanes) is 1. The predicted molar refractivity (Wildman–Crippen MR) is 120 cm³/mol. The van der Waals surface area contributed by atoms with E-state index in [2.05, 4.69) is 16.0 Å². The van der Waals surface area contributed by atoms with Crippen LogP contribution in [0.25, 0.3) is 0 Å². The fourth-order valence-corrected chi connectivity index (χ4v) is 3.07. The summed E-state index contributed by atoms with van der Waals surface area (Å²) in [6.07, 6.45) is 1.83. The van der Waals surface area contributed by atoms with Crippen LogP contribution in [0.4, 0.5) is 0 Å². The maximum atomic E-state index is 12.9. The first-order chi connectivity index (χ1) is 15.1. The highest BCUT2D eigenvalue weighted by atomic mass is 16.4. The van der Waals surface area contributed by atoms with Crippen LogP contribution in [-0.2, 0) is 25.6 Å². The number of rotatable bonds is 14. The van der Waals surface area contributed by atoms with E-state index in [0.717, 1.165) is 5.56 Å². The van der Waals surface area contributed by atoms with E-state index in [1.165, 1.54) is 0 Å². The summed E-state index contributed by atoms with van der Waals surface area (Å²) in [5.41, 5.74) is 12.4. The Morgan fingerprint density at radius 2 is 1.62 bits per heavy atom. The molecule has 32 heavy (non-hydrogen) atoms. The lowest BCUT2D eigenvalue weighted by Gasteiger charge is -2.26. The third-order valence-corrected chi connectivity index (χ3v) is 4.88. The number of carbonyl (C=O) groups excluding carboxylic acids is 3. The highest BCUT2D eigenvalue weighted by Gasteiger charge is 2.30. The van der Waals surface area contributed by atoms with Crippen molar-refractivity contribution in [1.82, 2.24) is 16.0 Å². The largest absolute Gasteiger partial charge is 0.480 e. The molecule has 0 aromatic heterocycles. The number of nitrogens with two attached hydrogens (primary N) is 2. The number of hydrogen-bond donors (Lipinski definition) is 6. The molecule has 3 amide bonds. The zero-order valence-corrected chi connectivity index (χ0v) is 18.7. The van der Waals surface area contributed by atoms with Crippen molar-refractivity contribution in [1.29, 1.82) is 0 Å². The van der Waals surface area contributed by atoms with Gasteiger partial charge in [0, 0.05) is 0 Å². The topological polar surface area (TPSA) is 177 Å². The van der Waals surface area contributed by atoms with Crippen LogP contribution in [0.15, 0.2) is 30.3 Å². The van der Waals surface area contributed by atoms with E-state index in [-0.39, 0.29) is 5.92 Å². The number of amides is 3. The van der Waals surface area contributed by atoms with E-state index in [1.54, 1.807) is 13.8 Å². The van der Waals surface area contributed by atoms with Gasteiger partial charge in [-0.2, -0.15) is 0 Å². The van der Waals surface area contributed by atoms with Crippen molar-refractivity contribution in [2.45, 2.75) is 57.7 Å². The molecule has 10 nitrogen and oxygen atoms in total. The monoisotopic (exact) mass is 449 g/mol. The van der Waals surface area contributed by atoms with Gasteiger partial charge in [0.15, 0.2) is 0 Å². The van der Waals surface area contributed by atoms with Gasteiger partial charge in [0.2, 0.25) is 17.7 Å². The molecule has 178 valence electrons. The number of carboxylic acid groups (broad SMARTS) is 1. The maximum absolute atomic E-state index is 12.9. The first kappa shape index (κ1) is 27.1. The Balaban J connectivity index is 2.80. The number of carbonyl (C=O) groups is 4. The van der Waals surface area contributed by atoms with Gasteiger partial charge >= 0.3 is 5.97 Å². The first-order valence-corrected chi connectivity index (χ1v) is 10.8. The van der Waals surface area contributed by atoms with Crippen LogP contribution in [0.2, 0.25) is 0 Å². The van der Waals surface area contributed by atoms with Crippen LogP contribution in [0.5, 0.6) is 0 Å². The summed E-state index contributed by atoms with van der Waals surface area (Å²) >= 11 is 0. The van der Waals surface area contributed by atoms with Gasteiger partial charge in [-0.1, -0.05) is 44.2 Å². The number of nitrogens with one attached hydrogen (secondary N) is 3. The molecule has 0 aliphatic heterocycles. The van der Waals surface area contributed by atoms with Crippen LogP contribution < -0.4 is 27.4 Å². The van der Waals surface area contributed by atoms with E-state index in [0.29, 0.717) is 32.2 Å². The van der Waals surface area contributed by atoms with Gasteiger partial charge in [0.05, 0.1) is 6.04 Å². The molecule has 10 heteroatoms. The Morgan fingerprint density at radius 3 is 2.19 bits per heavy atom. The molecule has 3 unspecified atom stereocenters. The summed E-state index contributed by atoms with van der Waals surface area (Å²) < 4.78 is 0. The molecule has 3 atom stereocenters. The minimum absolute atomic E-state index is 0.269. The van der Waals surface area contributed by atoms with Crippen molar-refractivity contribution < 1.29 is 24.3 Å². The van der Waals surface area contributed by atoms with Gasteiger partial charge in [0.25, 0.3) is 0 Å². The number of benzene rings is 1. The number of carboxylic acids is 1. The smallest absolute Gasteiger partial charge is 0.322 e. The average Bonchev–Trinajstić information content (AvgIpc) is 2.75. The second-order valence-corrected chi connectivity index (χ2v) is 7.98. The summed E-state index contributed by atoms with van der Waals surface area (Å²) in [4.78, 5) is 48.6. The standard InChI is InChI=1S/C22H35N5O5/c1-14(2)19(27-20(30)16(24)12-15-8-4-3-5-9-15)22(32)26-17(10-6-7-11-23)21(31)25-13-18(28)29/h3-5,8-9,14,16-17,19H,6-7,10-13,23-24H2,1-2H3,(H,25,31)(H,26,32)(H,27,30)(H,28,29). The Bertz CT molecular complexity index is 756. The van der Waals surface area contributed by atoms with E-state index in [9.17, 15) is 19.2 Å². The lowest BCUT2D eigenvalue weighted by atomic mass is 10.00. The third-order valence-electron chi connectivity index (χ3n) is 4.88. The maximum Gasteiger partial charge on any atom is 0.322 e. The van der Waals surface area contributed by atoms with Crippen molar-refractivity contribution in [2.75, 3.05) is 13.1 Å². The number of hydrogen-bond acceptors (Lipinski definition) is 6. The lowest BCUT2D eigenvalue weighted by Crippen LogP contribution is -2.57. The van der Waals surface area contributed by atoms with Crippen LogP contribution in [0, 0.1) is 5.92 Å². The molecule has 1 aromatic rings. The second kappa shape index (κ2) is 14.2. The Morgan fingerprint density at radius 1 is 0.969 bits per heavy atom. The van der Waals surface area contributed by atoms with Gasteiger partial charge in [-0.05, 0) is 43.7 Å². The molecule has 0 radical (unpaired) electrons. The van der Waals surface area contributed by atoms with Gasteiger partial charge < -0.3 is 32.5 Å². The van der Waals surface area contributed by atoms with Gasteiger partial charge in [-0.25, -0.2) is 0 Å². The molecule has 0 saturated heterocycles. The van der Waals surface area contributed by atoms with E-state index < -0.39 is 48.4 Å². The summed E-state index contributed by atoms with van der Waals surface area (Å²) in [5.74, 6) is -3.08. The van der Waals surface area contributed by atoms with Crippen molar-refractivity contribution in [3.63, 3.8) is 0 Å². The van der Waals surface area contributed by atoms with Crippen LogP contribution >= 0.6 is 0 Å². The highest BCUT2D eigenvalue weighted by Crippen LogP contribution is 2.08.